The third kappa shape index (κ3) is 4.50. The smallest absolute Gasteiger partial charge is 0.339 e. The lowest BCUT2D eigenvalue weighted by atomic mass is 10.2. The van der Waals surface area contributed by atoms with E-state index in [-0.39, 0.29) is 9.79 Å². The summed E-state index contributed by atoms with van der Waals surface area (Å²) in [7, 11) is -8.96. The molecule has 3 rings (SSSR count). The van der Waals surface area contributed by atoms with Gasteiger partial charge in [0.15, 0.2) is 11.5 Å². The molecule has 0 aliphatic rings. The molecule has 0 aliphatic heterocycles. The first-order valence-corrected chi connectivity index (χ1v) is 10.9. The minimum atomic E-state index is -4.48. The van der Waals surface area contributed by atoms with Gasteiger partial charge in [0.2, 0.25) is 5.75 Å². The SMILES string of the molecule is O=[N+]([O-])c1cc(OS(=O)(=O)c2ccccc2)c(O)c(OS(=O)(=O)c2ccccc2)c1. The number of aromatic hydroxyl groups is 1. The van der Waals surface area contributed by atoms with Crippen LogP contribution < -0.4 is 8.37 Å². The van der Waals surface area contributed by atoms with E-state index in [4.69, 9.17) is 8.37 Å². The predicted octanol–water partition coefficient (Wildman–Crippen LogP) is 2.84. The number of hydrogen-bond acceptors (Lipinski definition) is 9. The topological polar surface area (TPSA) is 150 Å². The molecule has 0 saturated carbocycles. The molecule has 3 aromatic carbocycles. The summed E-state index contributed by atoms with van der Waals surface area (Å²) in [4.78, 5) is 9.71. The van der Waals surface area contributed by atoms with Gasteiger partial charge in [0, 0.05) is 0 Å². The van der Waals surface area contributed by atoms with Gasteiger partial charge < -0.3 is 13.5 Å². The summed E-state index contributed by atoms with van der Waals surface area (Å²) in [6.07, 6.45) is 0. The number of phenolic OH excluding ortho intramolecular Hbond substituents is 1. The maximum absolute atomic E-state index is 12.4. The molecule has 1 N–H and O–H groups in total. The summed E-state index contributed by atoms with van der Waals surface area (Å²) >= 11 is 0. The van der Waals surface area contributed by atoms with E-state index >= 15 is 0 Å². The summed E-state index contributed by atoms with van der Waals surface area (Å²) in [6, 6.07) is 14.9. The second-order valence-corrected chi connectivity index (χ2v) is 8.84. The summed E-state index contributed by atoms with van der Waals surface area (Å²) in [5, 5.41) is 21.5. The summed E-state index contributed by atoms with van der Waals surface area (Å²) in [5.41, 5.74) is -0.760. The Kier molecular flexibility index (Phi) is 5.62. The number of nitro benzene ring substituents is 1. The summed E-state index contributed by atoms with van der Waals surface area (Å²) < 4.78 is 59.2. The molecule has 0 spiro atoms. The lowest BCUT2D eigenvalue weighted by Crippen LogP contribution is -2.12. The standard InChI is InChI=1S/C18H13NO9S2/c20-18-16(27-29(23,24)14-7-3-1-4-8-14)11-13(19(21)22)12-17(18)28-30(25,26)15-9-5-2-6-10-15/h1-12,20H. The third-order valence-corrected chi connectivity index (χ3v) is 6.20. The number of hydrogen-bond donors (Lipinski definition) is 1. The number of nitrogens with zero attached hydrogens (tertiary/aromatic N) is 1. The van der Waals surface area contributed by atoms with Crippen LogP contribution >= 0.6 is 0 Å². The van der Waals surface area contributed by atoms with Crippen molar-refractivity contribution in [2.45, 2.75) is 9.79 Å². The van der Waals surface area contributed by atoms with Gasteiger partial charge in [-0.1, -0.05) is 36.4 Å². The molecule has 0 saturated heterocycles. The molecule has 3 aromatic rings. The number of non-ortho nitro benzene ring substituents is 1. The number of rotatable bonds is 7. The highest BCUT2D eigenvalue weighted by Gasteiger charge is 2.27. The minimum Gasteiger partial charge on any atom is -0.502 e. The van der Waals surface area contributed by atoms with Gasteiger partial charge in [0.05, 0.1) is 17.1 Å². The highest BCUT2D eigenvalue weighted by molar-refractivity contribution is 7.87. The van der Waals surface area contributed by atoms with Crippen molar-refractivity contribution in [3.05, 3.63) is 82.9 Å². The van der Waals surface area contributed by atoms with E-state index < -0.39 is 48.1 Å². The Hall–Kier alpha value is -3.64. The highest BCUT2D eigenvalue weighted by Crippen LogP contribution is 2.42. The van der Waals surface area contributed by atoms with Crippen molar-refractivity contribution in [3.63, 3.8) is 0 Å². The maximum Gasteiger partial charge on any atom is 0.339 e. The van der Waals surface area contributed by atoms with E-state index in [2.05, 4.69) is 0 Å². The van der Waals surface area contributed by atoms with Crippen LogP contribution in [0.4, 0.5) is 5.69 Å². The van der Waals surface area contributed by atoms with Gasteiger partial charge in [0.1, 0.15) is 9.79 Å². The quantitative estimate of drug-likeness (QED) is 0.325. The van der Waals surface area contributed by atoms with Crippen LogP contribution in [0.3, 0.4) is 0 Å². The number of phenols is 1. The van der Waals surface area contributed by atoms with Crippen molar-refractivity contribution in [1.82, 2.24) is 0 Å². The molecule has 0 bridgehead atoms. The average Bonchev–Trinajstić information content (AvgIpc) is 2.71. The van der Waals surface area contributed by atoms with Crippen molar-refractivity contribution < 1.29 is 35.2 Å². The second-order valence-electron chi connectivity index (χ2n) is 5.75. The largest absolute Gasteiger partial charge is 0.502 e. The first-order valence-electron chi connectivity index (χ1n) is 8.10. The molecular formula is C18H13NO9S2. The first-order chi connectivity index (χ1) is 14.1. The molecule has 156 valence electrons. The van der Waals surface area contributed by atoms with Gasteiger partial charge in [-0.2, -0.15) is 16.8 Å². The fourth-order valence-electron chi connectivity index (χ4n) is 2.31. The van der Waals surface area contributed by atoms with Crippen molar-refractivity contribution in [2.24, 2.45) is 0 Å². The van der Waals surface area contributed by atoms with Crippen LogP contribution in [0.2, 0.25) is 0 Å². The molecule has 0 aliphatic carbocycles. The van der Waals surface area contributed by atoms with Crippen LogP contribution in [-0.2, 0) is 20.2 Å². The normalized spacial score (nSPS) is 11.6. The molecule has 10 nitrogen and oxygen atoms in total. The van der Waals surface area contributed by atoms with Crippen LogP contribution in [0.15, 0.2) is 82.6 Å². The van der Waals surface area contributed by atoms with Crippen LogP contribution in [0, 0.1) is 10.1 Å². The molecule has 0 aromatic heterocycles. The Balaban J connectivity index is 2.06. The van der Waals surface area contributed by atoms with Crippen LogP contribution in [0.1, 0.15) is 0 Å². The zero-order chi connectivity index (χ0) is 21.9. The predicted molar refractivity (Wildman–Crippen MR) is 103 cm³/mol. The Bertz CT molecular complexity index is 1200. The van der Waals surface area contributed by atoms with Gasteiger partial charge in [-0.25, -0.2) is 0 Å². The Labute approximate surface area is 171 Å². The van der Waals surface area contributed by atoms with Gasteiger partial charge in [0.25, 0.3) is 5.69 Å². The van der Waals surface area contributed by atoms with Gasteiger partial charge in [-0.3, -0.25) is 10.1 Å². The highest BCUT2D eigenvalue weighted by atomic mass is 32.2. The molecule has 0 radical (unpaired) electrons. The Morgan fingerprint density at radius 1 is 0.733 bits per heavy atom. The van der Waals surface area contributed by atoms with E-state index in [1.807, 2.05) is 0 Å². The molecule has 0 unspecified atom stereocenters. The molecular weight excluding hydrogens is 438 g/mol. The van der Waals surface area contributed by atoms with E-state index in [1.165, 1.54) is 48.5 Å². The number of nitro groups is 1. The van der Waals surface area contributed by atoms with Crippen molar-refractivity contribution in [2.75, 3.05) is 0 Å². The Morgan fingerprint density at radius 2 is 1.10 bits per heavy atom. The van der Waals surface area contributed by atoms with Crippen molar-refractivity contribution >= 4 is 25.9 Å². The van der Waals surface area contributed by atoms with E-state index in [0.29, 0.717) is 12.1 Å². The third-order valence-electron chi connectivity index (χ3n) is 3.70. The van der Waals surface area contributed by atoms with Crippen LogP contribution in [0.25, 0.3) is 0 Å². The molecule has 0 atom stereocenters. The van der Waals surface area contributed by atoms with Gasteiger partial charge >= 0.3 is 20.2 Å². The van der Waals surface area contributed by atoms with Crippen molar-refractivity contribution in [1.29, 1.82) is 0 Å². The van der Waals surface area contributed by atoms with Crippen LogP contribution in [-0.4, -0.2) is 26.9 Å². The fraction of sp³-hybridized carbons (Fsp3) is 0. The lowest BCUT2D eigenvalue weighted by Gasteiger charge is -2.12. The molecule has 0 heterocycles. The molecule has 0 amide bonds. The van der Waals surface area contributed by atoms with E-state index in [1.54, 1.807) is 12.1 Å². The van der Waals surface area contributed by atoms with E-state index in [9.17, 15) is 32.1 Å². The molecule has 0 fully saturated rings. The zero-order valence-electron chi connectivity index (χ0n) is 14.9. The second kappa shape index (κ2) is 8.00. The van der Waals surface area contributed by atoms with Gasteiger partial charge in [-0.05, 0) is 24.3 Å². The maximum atomic E-state index is 12.4. The van der Waals surface area contributed by atoms with Gasteiger partial charge in [-0.15, -0.1) is 0 Å². The van der Waals surface area contributed by atoms with Crippen molar-refractivity contribution in [3.8, 4) is 17.2 Å². The first kappa shape index (κ1) is 21.1. The zero-order valence-corrected chi connectivity index (χ0v) is 16.5. The molecule has 30 heavy (non-hydrogen) atoms. The summed E-state index contributed by atoms with van der Waals surface area (Å²) in [6.45, 7) is 0. The lowest BCUT2D eigenvalue weighted by molar-refractivity contribution is -0.385. The minimum absolute atomic E-state index is 0.282. The molecule has 12 heteroatoms. The number of benzene rings is 3. The monoisotopic (exact) mass is 451 g/mol. The fourth-order valence-corrected chi connectivity index (χ4v) is 4.21. The van der Waals surface area contributed by atoms with E-state index in [0.717, 1.165) is 0 Å². The average molecular weight is 451 g/mol. The Morgan fingerprint density at radius 3 is 1.43 bits per heavy atom. The van der Waals surface area contributed by atoms with Crippen LogP contribution in [0.5, 0.6) is 17.2 Å². The summed E-state index contributed by atoms with van der Waals surface area (Å²) in [5.74, 6) is -2.78.